The number of anilines is 1. The van der Waals surface area contributed by atoms with E-state index in [0.29, 0.717) is 5.02 Å². The van der Waals surface area contributed by atoms with Gasteiger partial charge in [0.1, 0.15) is 5.69 Å². The van der Waals surface area contributed by atoms with E-state index < -0.39 is 0 Å². The molecule has 1 rings (SSSR count). The molecule has 54 valence electrons. The molecule has 0 aliphatic rings. The van der Waals surface area contributed by atoms with Crippen molar-refractivity contribution in [1.82, 2.24) is 4.98 Å². The van der Waals surface area contributed by atoms with Crippen LogP contribution < -0.4 is 5.73 Å². The molecule has 1 aromatic rings. The molecule has 0 atom stereocenters. The van der Waals surface area contributed by atoms with E-state index >= 15 is 0 Å². The average molecular weight is 159 g/mol. The lowest BCUT2D eigenvalue weighted by Gasteiger charge is -2.01. The molecule has 0 aromatic carbocycles. The summed E-state index contributed by atoms with van der Waals surface area (Å²) in [6.07, 6.45) is 1.47. The minimum absolute atomic E-state index is 0.140. The van der Waals surface area contributed by atoms with Crippen molar-refractivity contribution < 1.29 is 5.11 Å². The first-order chi connectivity index (χ1) is 4.63. The highest BCUT2D eigenvalue weighted by atomic mass is 35.5. The van der Waals surface area contributed by atoms with Gasteiger partial charge in [0.05, 0.1) is 5.02 Å². The fourth-order valence-electron chi connectivity index (χ4n) is 0.595. The van der Waals surface area contributed by atoms with Gasteiger partial charge in [-0.15, -0.1) is 0 Å². The van der Waals surface area contributed by atoms with Crippen molar-refractivity contribution in [3.05, 3.63) is 16.8 Å². The van der Waals surface area contributed by atoms with Gasteiger partial charge in [-0.05, 0) is 12.5 Å². The molecule has 4 heteroatoms. The molecule has 0 aliphatic heterocycles. The molecule has 0 saturated carbocycles. The lowest BCUT2D eigenvalue weighted by molar-refractivity contribution is 0.456. The highest BCUT2D eigenvalue weighted by Crippen LogP contribution is 2.28. The van der Waals surface area contributed by atoms with Crippen LogP contribution in [0.2, 0.25) is 5.02 Å². The summed E-state index contributed by atoms with van der Waals surface area (Å²) in [6.45, 7) is 1.77. The molecule has 1 heterocycles. The highest BCUT2D eigenvalue weighted by Gasteiger charge is 2.04. The van der Waals surface area contributed by atoms with Crippen LogP contribution in [0, 0.1) is 6.92 Å². The fourth-order valence-corrected chi connectivity index (χ4v) is 0.728. The van der Waals surface area contributed by atoms with Crippen LogP contribution in [0.5, 0.6) is 5.88 Å². The first-order valence-electron chi connectivity index (χ1n) is 2.72. The molecule has 1 aromatic heterocycles. The van der Waals surface area contributed by atoms with Crippen LogP contribution in [0.1, 0.15) is 5.56 Å². The maximum Gasteiger partial charge on any atom is 0.236 e. The zero-order chi connectivity index (χ0) is 7.72. The van der Waals surface area contributed by atoms with E-state index in [9.17, 15) is 0 Å². The molecule has 3 nitrogen and oxygen atoms in total. The van der Waals surface area contributed by atoms with E-state index in [1.54, 1.807) is 6.92 Å². The summed E-state index contributed by atoms with van der Waals surface area (Å²) in [6, 6.07) is 0. The van der Waals surface area contributed by atoms with Gasteiger partial charge in [-0.2, -0.15) is 0 Å². The van der Waals surface area contributed by atoms with Crippen molar-refractivity contribution in [3.8, 4) is 5.88 Å². The third-order valence-electron chi connectivity index (χ3n) is 1.20. The molecule has 3 N–H and O–H groups in total. The van der Waals surface area contributed by atoms with Crippen molar-refractivity contribution in [2.24, 2.45) is 0 Å². The van der Waals surface area contributed by atoms with Gasteiger partial charge >= 0.3 is 0 Å². The summed E-state index contributed by atoms with van der Waals surface area (Å²) in [4.78, 5) is 3.59. The van der Waals surface area contributed by atoms with E-state index in [4.69, 9.17) is 22.4 Å². The van der Waals surface area contributed by atoms with Gasteiger partial charge in [0.25, 0.3) is 0 Å². The van der Waals surface area contributed by atoms with E-state index in [1.807, 2.05) is 0 Å². The molecule has 0 unspecified atom stereocenters. The van der Waals surface area contributed by atoms with E-state index in [2.05, 4.69) is 4.98 Å². The van der Waals surface area contributed by atoms with Crippen LogP contribution in [0.4, 0.5) is 5.69 Å². The minimum atomic E-state index is -0.212. The van der Waals surface area contributed by atoms with E-state index in [0.717, 1.165) is 5.56 Å². The number of hydrogen-bond acceptors (Lipinski definition) is 3. The first-order valence-corrected chi connectivity index (χ1v) is 3.10. The standard InChI is InChI=1S/C6H7ClN2O/c1-3-2-9-6(10)5(8)4(3)7/h2H,8H2,1H3,(H,9,10). The largest absolute Gasteiger partial charge is 0.492 e. The van der Waals surface area contributed by atoms with Crippen molar-refractivity contribution >= 4 is 17.3 Å². The molecule has 0 radical (unpaired) electrons. The quantitative estimate of drug-likeness (QED) is 0.599. The molecule has 0 amide bonds. The van der Waals surface area contributed by atoms with Gasteiger partial charge in [0.15, 0.2) is 0 Å². The summed E-state index contributed by atoms with van der Waals surface area (Å²) < 4.78 is 0. The lowest BCUT2D eigenvalue weighted by atomic mass is 10.3. The number of rotatable bonds is 0. The second-order valence-corrected chi connectivity index (χ2v) is 2.37. The molecule has 0 saturated heterocycles. The molecule has 10 heavy (non-hydrogen) atoms. The first kappa shape index (κ1) is 7.15. The number of hydrogen-bond donors (Lipinski definition) is 2. The van der Waals surface area contributed by atoms with Crippen LogP contribution in [0.25, 0.3) is 0 Å². The number of nitrogen functional groups attached to an aromatic ring is 1. The SMILES string of the molecule is Cc1cnc(O)c(N)c1Cl. The Kier molecular flexibility index (Phi) is 1.68. The summed E-state index contributed by atoms with van der Waals surface area (Å²) in [5.74, 6) is -0.212. The van der Waals surface area contributed by atoms with Gasteiger partial charge in [-0.25, -0.2) is 4.98 Å². The number of aryl methyl sites for hydroxylation is 1. The Balaban J connectivity index is 3.34. The lowest BCUT2D eigenvalue weighted by Crippen LogP contribution is -1.91. The predicted molar refractivity (Wildman–Crippen MR) is 40.1 cm³/mol. The summed E-state index contributed by atoms with van der Waals surface area (Å²) in [5, 5.41) is 9.27. The van der Waals surface area contributed by atoms with Crippen LogP contribution in [-0.2, 0) is 0 Å². The van der Waals surface area contributed by atoms with Crippen molar-refractivity contribution in [3.63, 3.8) is 0 Å². The Hall–Kier alpha value is -0.960. The Morgan fingerprint density at radius 2 is 2.30 bits per heavy atom. The number of nitrogens with zero attached hydrogens (tertiary/aromatic N) is 1. The van der Waals surface area contributed by atoms with Gasteiger partial charge in [0.2, 0.25) is 5.88 Å². The van der Waals surface area contributed by atoms with Gasteiger partial charge in [-0.3, -0.25) is 0 Å². The topological polar surface area (TPSA) is 59.1 Å². The Labute approximate surface area is 63.5 Å². The average Bonchev–Trinajstić information content (AvgIpc) is 1.93. The van der Waals surface area contributed by atoms with Crippen molar-refractivity contribution in [2.75, 3.05) is 5.73 Å². The maximum atomic E-state index is 8.90. The number of nitrogens with two attached hydrogens (primary N) is 1. The van der Waals surface area contributed by atoms with Crippen molar-refractivity contribution in [1.29, 1.82) is 0 Å². The van der Waals surface area contributed by atoms with Gasteiger partial charge in [-0.1, -0.05) is 11.6 Å². The summed E-state index contributed by atoms with van der Waals surface area (Å²) in [5.41, 5.74) is 6.24. The zero-order valence-electron chi connectivity index (χ0n) is 5.43. The fraction of sp³-hybridized carbons (Fsp3) is 0.167. The molecule has 0 spiro atoms. The number of aromatic nitrogens is 1. The van der Waals surface area contributed by atoms with Crippen LogP contribution >= 0.6 is 11.6 Å². The van der Waals surface area contributed by atoms with E-state index in [-0.39, 0.29) is 11.6 Å². The number of halogens is 1. The minimum Gasteiger partial charge on any atom is -0.492 e. The predicted octanol–water partition coefficient (Wildman–Crippen LogP) is 1.33. The molecule has 0 fully saturated rings. The summed E-state index contributed by atoms with van der Waals surface area (Å²) in [7, 11) is 0. The Bertz CT molecular complexity index is 235. The number of aromatic hydroxyl groups is 1. The van der Waals surface area contributed by atoms with Crippen molar-refractivity contribution in [2.45, 2.75) is 6.92 Å². The highest BCUT2D eigenvalue weighted by molar-refractivity contribution is 6.34. The second-order valence-electron chi connectivity index (χ2n) is 1.99. The normalized spacial score (nSPS) is 9.80. The Morgan fingerprint density at radius 1 is 1.70 bits per heavy atom. The zero-order valence-corrected chi connectivity index (χ0v) is 6.18. The number of pyridine rings is 1. The molecule has 0 bridgehead atoms. The van der Waals surface area contributed by atoms with Gasteiger partial charge in [0, 0.05) is 6.20 Å². The van der Waals surface area contributed by atoms with Gasteiger partial charge < -0.3 is 10.8 Å². The third-order valence-corrected chi connectivity index (χ3v) is 1.71. The van der Waals surface area contributed by atoms with Crippen LogP contribution in [-0.4, -0.2) is 10.1 Å². The van der Waals surface area contributed by atoms with Crippen LogP contribution in [0.15, 0.2) is 6.20 Å². The maximum absolute atomic E-state index is 8.90. The Morgan fingerprint density at radius 3 is 2.80 bits per heavy atom. The smallest absolute Gasteiger partial charge is 0.236 e. The molecule has 0 aliphatic carbocycles. The third kappa shape index (κ3) is 0.998. The summed E-state index contributed by atoms with van der Waals surface area (Å²) >= 11 is 5.66. The second kappa shape index (κ2) is 2.34. The molecular formula is C6H7ClN2O. The van der Waals surface area contributed by atoms with Crippen LogP contribution in [0.3, 0.4) is 0 Å². The van der Waals surface area contributed by atoms with E-state index in [1.165, 1.54) is 6.20 Å². The monoisotopic (exact) mass is 158 g/mol. The molecular weight excluding hydrogens is 152 g/mol.